The first-order chi connectivity index (χ1) is 13.5. The molecule has 2 aromatic rings. The molecule has 2 fully saturated rings. The summed E-state index contributed by atoms with van der Waals surface area (Å²) in [4.78, 5) is 29.1. The van der Waals surface area contributed by atoms with Crippen molar-refractivity contribution in [2.45, 2.75) is 12.1 Å². The van der Waals surface area contributed by atoms with Gasteiger partial charge in [0.2, 0.25) is 0 Å². The standard InChI is InChI=1S/C20H20ClN3O4/c1-22-20(27)16-7-10(19(26)24-17-12-8-28-9-13(12)17)6-15(23-16)18(25)11-4-2-3-5-14(11)21/h2-7,12-13,17-18,25H,8-9H2,1H3,(H,22,27)(H,24,26)/t12-,13+,17?,18-/m0/s1. The lowest BCUT2D eigenvalue weighted by Gasteiger charge is -2.15. The van der Waals surface area contributed by atoms with Crippen molar-refractivity contribution in [1.29, 1.82) is 0 Å². The van der Waals surface area contributed by atoms with E-state index in [4.69, 9.17) is 16.3 Å². The van der Waals surface area contributed by atoms with E-state index in [1.165, 1.54) is 19.2 Å². The Labute approximate surface area is 167 Å². The highest BCUT2D eigenvalue weighted by Gasteiger charge is 2.54. The number of halogens is 1. The molecule has 4 rings (SSSR count). The van der Waals surface area contributed by atoms with Gasteiger partial charge in [0, 0.05) is 41.1 Å². The van der Waals surface area contributed by atoms with Gasteiger partial charge < -0.3 is 20.5 Å². The third-order valence-corrected chi connectivity index (χ3v) is 5.64. The minimum atomic E-state index is -1.17. The maximum atomic E-state index is 12.7. The van der Waals surface area contributed by atoms with Crippen LogP contribution in [0.15, 0.2) is 36.4 Å². The van der Waals surface area contributed by atoms with Gasteiger partial charge >= 0.3 is 0 Å². The van der Waals surface area contributed by atoms with E-state index in [0.717, 1.165) is 0 Å². The van der Waals surface area contributed by atoms with Gasteiger partial charge in [-0.1, -0.05) is 29.8 Å². The zero-order valence-corrected chi connectivity index (χ0v) is 15.9. The molecular weight excluding hydrogens is 382 g/mol. The monoisotopic (exact) mass is 401 g/mol. The molecule has 1 saturated heterocycles. The van der Waals surface area contributed by atoms with Crippen molar-refractivity contribution in [3.8, 4) is 0 Å². The van der Waals surface area contributed by atoms with Crippen LogP contribution in [-0.2, 0) is 4.74 Å². The molecule has 1 aromatic carbocycles. The second-order valence-electron chi connectivity index (χ2n) is 7.03. The predicted octanol–water partition coefficient (Wildman–Crippen LogP) is 1.55. The van der Waals surface area contributed by atoms with Crippen molar-refractivity contribution >= 4 is 23.4 Å². The van der Waals surface area contributed by atoms with Crippen LogP contribution in [0.3, 0.4) is 0 Å². The van der Waals surface area contributed by atoms with Gasteiger partial charge in [-0.05, 0) is 18.2 Å². The fraction of sp³-hybridized carbons (Fsp3) is 0.350. The van der Waals surface area contributed by atoms with Crippen LogP contribution in [0.1, 0.15) is 38.2 Å². The summed E-state index contributed by atoms with van der Waals surface area (Å²) in [6.45, 7) is 1.32. The Bertz CT molecular complexity index is 925. The van der Waals surface area contributed by atoms with Gasteiger partial charge in [0.1, 0.15) is 11.8 Å². The average molecular weight is 402 g/mol. The summed E-state index contributed by atoms with van der Waals surface area (Å²) >= 11 is 6.17. The van der Waals surface area contributed by atoms with Crippen LogP contribution in [0.5, 0.6) is 0 Å². The highest BCUT2D eigenvalue weighted by atomic mass is 35.5. The Kier molecular flexibility index (Phi) is 5.05. The van der Waals surface area contributed by atoms with Gasteiger partial charge in [-0.25, -0.2) is 4.98 Å². The van der Waals surface area contributed by atoms with E-state index in [1.54, 1.807) is 24.3 Å². The first-order valence-corrected chi connectivity index (χ1v) is 9.42. The largest absolute Gasteiger partial charge is 0.382 e. The Hall–Kier alpha value is -2.48. The summed E-state index contributed by atoms with van der Waals surface area (Å²) < 4.78 is 5.34. The number of aromatic nitrogens is 1. The lowest BCUT2D eigenvalue weighted by atomic mass is 10.0. The molecule has 2 amide bonds. The van der Waals surface area contributed by atoms with E-state index in [9.17, 15) is 14.7 Å². The second-order valence-corrected chi connectivity index (χ2v) is 7.44. The highest BCUT2D eigenvalue weighted by molar-refractivity contribution is 6.31. The van der Waals surface area contributed by atoms with Crippen LogP contribution in [0.25, 0.3) is 0 Å². The van der Waals surface area contributed by atoms with E-state index in [0.29, 0.717) is 35.6 Å². The predicted molar refractivity (Wildman–Crippen MR) is 102 cm³/mol. The summed E-state index contributed by atoms with van der Waals surface area (Å²) in [5.41, 5.74) is 0.945. The van der Waals surface area contributed by atoms with E-state index in [2.05, 4.69) is 15.6 Å². The lowest BCUT2D eigenvalue weighted by Crippen LogP contribution is -2.31. The summed E-state index contributed by atoms with van der Waals surface area (Å²) in [6, 6.07) is 9.83. The number of nitrogens with one attached hydrogen (secondary N) is 2. The minimum absolute atomic E-state index is 0.0515. The first-order valence-electron chi connectivity index (χ1n) is 9.04. The third-order valence-electron chi connectivity index (χ3n) is 5.30. The molecule has 0 spiro atoms. The number of amides is 2. The molecule has 1 unspecified atom stereocenters. The Balaban J connectivity index is 1.64. The lowest BCUT2D eigenvalue weighted by molar-refractivity contribution is 0.0928. The van der Waals surface area contributed by atoms with Crippen molar-refractivity contribution in [3.63, 3.8) is 0 Å². The van der Waals surface area contributed by atoms with Crippen molar-refractivity contribution < 1.29 is 19.4 Å². The molecule has 2 aliphatic rings. The van der Waals surface area contributed by atoms with Gasteiger partial charge in [-0.2, -0.15) is 0 Å². The molecule has 0 radical (unpaired) electrons. The molecule has 8 heteroatoms. The quantitative estimate of drug-likeness (QED) is 0.705. The van der Waals surface area contributed by atoms with E-state index in [1.807, 2.05) is 0 Å². The molecule has 1 saturated carbocycles. The van der Waals surface area contributed by atoms with E-state index >= 15 is 0 Å². The molecule has 1 aliphatic heterocycles. The first kappa shape index (κ1) is 18.9. The maximum Gasteiger partial charge on any atom is 0.269 e. The van der Waals surface area contributed by atoms with Gasteiger partial charge in [-0.3, -0.25) is 9.59 Å². The number of hydrogen-bond acceptors (Lipinski definition) is 5. The summed E-state index contributed by atoms with van der Waals surface area (Å²) in [5, 5.41) is 16.6. The van der Waals surface area contributed by atoms with Crippen molar-refractivity contribution in [1.82, 2.24) is 15.6 Å². The number of carbonyl (C=O) groups excluding carboxylic acids is 2. The zero-order chi connectivity index (χ0) is 19.8. The summed E-state index contributed by atoms with van der Waals surface area (Å²) in [5.74, 6) is -0.0340. The Morgan fingerprint density at radius 2 is 1.93 bits per heavy atom. The van der Waals surface area contributed by atoms with Gasteiger partial charge in [0.25, 0.3) is 11.8 Å². The van der Waals surface area contributed by atoms with Crippen LogP contribution >= 0.6 is 11.6 Å². The van der Waals surface area contributed by atoms with Crippen LogP contribution in [0, 0.1) is 11.8 Å². The molecule has 2 heterocycles. The molecule has 1 aliphatic carbocycles. The Morgan fingerprint density at radius 3 is 2.61 bits per heavy atom. The smallest absolute Gasteiger partial charge is 0.269 e. The van der Waals surface area contributed by atoms with Gasteiger partial charge in [0.15, 0.2) is 0 Å². The molecule has 3 N–H and O–H groups in total. The third kappa shape index (κ3) is 3.48. The van der Waals surface area contributed by atoms with Crippen LogP contribution < -0.4 is 10.6 Å². The van der Waals surface area contributed by atoms with Crippen LogP contribution in [0.2, 0.25) is 5.02 Å². The number of hydrogen-bond donors (Lipinski definition) is 3. The van der Waals surface area contributed by atoms with Crippen molar-refractivity contribution in [2.24, 2.45) is 11.8 Å². The minimum Gasteiger partial charge on any atom is -0.382 e. The van der Waals surface area contributed by atoms with Crippen LogP contribution in [-0.4, -0.2) is 48.2 Å². The molecule has 4 atom stereocenters. The summed E-state index contributed by atoms with van der Waals surface area (Å²) in [6.07, 6.45) is -1.17. The van der Waals surface area contributed by atoms with E-state index < -0.39 is 12.0 Å². The topological polar surface area (TPSA) is 101 Å². The number of fused-ring (bicyclic) bond motifs is 1. The van der Waals surface area contributed by atoms with Crippen molar-refractivity contribution in [2.75, 3.05) is 20.3 Å². The maximum absolute atomic E-state index is 12.7. The molecule has 1 aromatic heterocycles. The highest BCUT2D eigenvalue weighted by Crippen LogP contribution is 2.44. The molecule has 0 bridgehead atoms. The molecule has 28 heavy (non-hydrogen) atoms. The SMILES string of the molecule is CNC(=O)c1cc(C(=O)NC2[C@H]3COC[C@@H]23)cc([C@@H](O)c2ccccc2Cl)n1. The van der Waals surface area contributed by atoms with Crippen LogP contribution in [0.4, 0.5) is 0 Å². The second kappa shape index (κ2) is 7.50. The summed E-state index contributed by atoms with van der Waals surface area (Å²) in [7, 11) is 1.48. The van der Waals surface area contributed by atoms with Gasteiger partial charge in [0.05, 0.1) is 18.9 Å². The number of nitrogens with zero attached hydrogens (tertiary/aromatic N) is 1. The Morgan fingerprint density at radius 1 is 1.21 bits per heavy atom. The van der Waals surface area contributed by atoms with Gasteiger partial charge in [-0.15, -0.1) is 0 Å². The number of benzene rings is 1. The zero-order valence-electron chi connectivity index (χ0n) is 15.2. The number of pyridine rings is 1. The molecule has 7 nitrogen and oxygen atoms in total. The number of carbonyl (C=O) groups is 2. The molecular formula is C20H20ClN3O4. The van der Waals surface area contributed by atoms with E-state index in [-0.39, 0.29) is 28.9 Å². The molecule has 146 valence electrons. The number of aliphatic hydroxyl groups is 1. The fourth-order valence-corrected chi connectivity index (χ4v) is 3.85. The average Bonchev–Trinajstić information content (AvgIpc) is 3.13. The number of ether oxygens (including phenoxy) is 1. The van der Waals surface area contributed by atoms with Crippen molar-refractivity contribution in [3.05, 3.63) is 63.9 Å². The number of aliphatic hydroxyl groups excluding tert-OH is 1. The number of rotatable bonds is 5. The fourth-order valence-electron chi connectivity index (χ4n) is 3.61. The normalized spacial score (nSPS) is 23.6.